The van der Waals surface area contributed by atoms with Crippen molar-refractivity contribution in [1.82, 2.24) is 9.78 Å². The Hall–Kier alpha value is -0.160. The van der Waals surface area contributed by atoms with Crippen molar-refractivity contribution in [2.75, 3.05) is 0 Å². The molecule has 16 heavy (non-hydrogen) atoms. The van der Waals surface area contributed by atoms with Crippen molar-refractivity contribution in [3.05, 3.63) is 25.5 Å². The van der Waals surface area contributed by atoms with Gasteiger partial charge in [0.25, 0.3) is 5.56 Å². The van der Waals surface area contributed by atoms with Gasteiger partial charge < -0.3 is 0 Å². The van der Waals surface area contributed by atoms with E-state index in [1.807, 2.05) is 0 Å². The van der Waals surface area contributed by atoms with E-state index < -0.39 is 0 Å². The maximum absolute atomic E-state index is 11.7. The first-order chi connectivity index (χ1) is 7.66. The lowest BCUT2D eigenvalue weighted by atomic mass is 10.1. The molecule has 0 aliphatic carbocycles. The zero-order valence-electron chi connectivity index (χ0n) is 9.38. The fourth-order valence-corrected chi connectivity index (χ4v) is 2.04. The second kappa shape index (κ2) is 7.22. The van der Waals surface area contributed by atoms with E-state index in [9.17, 15) is 4.79 Å². The highest BCUT2D eigenvalue weighted by Crippen LogP contribution is 2.16. The van der Waals surface area contributed by atoms with Crippen molar-refractivity contribution in [2.45, 2.75) is 45.6 Å². The van der Waals surface area contributed by atoms with Crippen molar-refractivity contribution in [2.24, 2.45) is 0 Å². The number of aryl methyl sites for hydroxylation is 1. The summed E-state index contributed by atoms with van der Waals surface area (Å²) in [4.78, 5) is 11.7. The minimum absolute atomic E-state index is 0.0649. The van der Waals surface area contributed by atoms with Crippen molar-refractivity contribution in [1.29, 1.82) is 0 Å². The third kappa shape index (κ3) is 4.01. The molecule has 1 heterocycles. The molecule has 1 aromatic rings. The number of aromatic nitrogens is 2. The Balaban J connectivity index is 2.49. The minimum Gasteiger partial charge on any atom is -0.266 e. The van der Waals surface area contributed by atoms with Crippen LogP contribution >= 0.6 is 31.9 Å². The largest absolute Gasteiger partial charge is 0.282 e. The number of nitrogens with zero attached hydrogens (tertiary/aromatic N) is 2. The summed E-state index contributed by atoms with van der Waals surface area (Å²) in [6.45, 7) is 2.90. The number of hydrogen-bond donors (Lipinski definition) is 0. The first-order valence-electron chi connectivity index (χ1n) is 5.58. The summed E-state index contributed by atoms with van der Waals surface area (Å²) < 4.78 is 2.77. The van der Waals surface area contributed by atoms with Gasteiger partial charge in [0.05, 0.1) is 10.7 Å². The van der Waals surface area contributed by atoms with Gasteiger partial charge in [-0.3, -0.25) is 4.79 Å². The molecule has 1 rings (SSSR count). The molecule has 0 radical (unpaired) electrons. The molecule has 0 saturated carbocycles. The van der Waals surface area contributed by atoms with E-state index in [0.29, 0.717) is 15.5 Å². The Kier molecular flexibility index (Phi) is 6.28. The van der Waals surface area contributed by atoms with Gasteiger partial charge in [-0.2, -0.15) is 5.10 Å². The lowest BCUT2D eigenvalue weighted by molar-refractivity contribution is 0.511. The quantitative estimate of drug-likeness (QED) is 0.732. The molecule has 1 aromatic heterocycles. The van der Waals surface area contributed by atoms with E-state index >= 15 is 0 Å². The van der Waals surface area contributed by atoms with Gasteiger partial charge in [-0.1, -0.05) is 32.6 Å². The standard InChI is InChI=1S/C11H16Br2N2O/c1-2-3-4-5-6-7-15-11(16)10(13)9(12)8-14-15/h8H,2-7H2,1H3. The Bertz CT molecular complexity index is 390. The molecule has 0 amide bonds. The molecule has 0 bridgehead atoms. The average molecular weight is 352 g/mol. The van der Waals surface area contributed by atoms with Gasteiger partial charge in [-0.25, -0.2) is 4.68 Å². The summed E-state index contributed by atoms with van der Waals surface area (Å²) in [7, 11) is 0. The third-order valence-electron chi connectivity index (χ3n) is 2.42. The molecule has 0 fully saturated rings. The third-order valence-corrected chi connectivity index (χ3v) is 4.32. The Morgan fingerprint density at radius 1 is 1.25 bits per heavy atom. The lowest BCUT2D eigenvalue weighted by Crippen LogP contribution is -2.23. The van der Waals surface area contributed by atoms with Gasteiger partial charge in [0.1, 0.15) is 4.47 Å². The van der Waals surface area contributed by atoms with Crippen LogP contribution in [0.3, 0.4) is 0 Å². The molecular formula is C11H16Br2N2O. The molecule has 3 nitrogen and oxygen atoms in total. The van der Waals surface area contributed by atoms with E-state index in [-0.39, 0.29) is 5.56 Å². The van der Waals surface area contributed by atoms with Crippen LogP contribution in [0.5, 0.6) is 0 Å². The highest BCUT2D eigenvalue weighted by Gasteiger charge is 2.05. The first kappa shape index (κ1) is 13.9. The fraction of sp³-hybridized carbons (Fsp3) is 0.636. The molecule has 0 aliphatic heterocycles. The Labute approximate surface area is 113 Å². The highest BCUT2D eigenvalue weighted by atomic mass is 79.9. The van der Waals surface area contributed by atoms with Crippen LogP contribution in [0.4, 0.5) is 0 Å². The van der Waals surface area contributed by atoms with Crippen LogP contribution in [0, 0.1) is 0 Å². The van der Waals surface area contributed by atoms with E-state index in [4.69, 9.17) is 0 Å². The molecule has 5 heteroatoms. The highest BCUT2D eigenvalue weighted by molar-refractivity contribution is 9.13. The molecule has 90 valence electrons. The van der Waals surface area contributed by atoms with E-state index in [1.165, 1.54) is 23.9 Å². The zero-order valence-corrected chi connectivity index (χ0v) is 12.6. The molecule has 0 atom stereocenters. The molecule has 0 unspecified atom stereocenters. The summed E-state index contributed by atoms with van der Waals surface area (Å²) >= 11 is 6.50. The van der Waals surface area contributed by atoms with Crippen LogP contribution in [-0.4, -0.2) is 9.78 Å². The number of unbranched alkanes of at least 4 members (excludes halogenated alkanes) is 4. The van der Waals surface area contributed by atoms with E-state index in [1.54, 1.807) is 6.20 Å². The first-order valence-corrected chi connectivity index (χ1v) is 7.16. The Morgan fingerprint density at radius 3 is 2.62 bits per heavy atom. The molecule has 0 aromatic carbocycles. The van der Waals surface area contributed by atoms with Crippen LogP contribution in [0.25, 0.3) is 0 Å². The van der Waals surface area contributed by atoms with Gasteiger partial charge in [0.15, 0.2) is 0 Å². The fourth-order valence-electron chi connectivity index (χ4n) is 1.47. The van der Waals surface area contributed by atoms with Crippen LogP contribution in [0.15, 0.2) is 19.9 Å². The lowest BCUT2D eigenvalue weighted by Gasteiger charge is -2.05. The topological polar surface area (TPSA) is 34.9 Å². The normalized spacial score (nSPS) is 10.7. The van der Waals surface area contributed by atoms with E-state index in [0.717, 1.165) is 12.8 Å². The smallest absolute Gasteiger partial charge is 0.266 e. The van der Waals surface area contributed by atoms with Crippen molar-refractivity contribution >= 4 is 31.9 Å². The number of halogens is 2. The van der Waals surface area contributed by atoms with Crippen LogP contribution in [0.1, 0.15) is 39.0 Å². The Morgan fingerprint density at radius 2 is 1.94 bits per heavy atom. The predicted molar refractivity (Wildman–Crippen MR) is 72.7 cm³/mol. The predicted octanol–water partition coefficient (Wildman–Crippen LogP) is 3.74. The molecule has 0 spiro atoms. The minimum atomic E-state index is -0.0649. The van der Waals surface area contributed by atoms with Gasteiger partial charge in [-0.15, -0.1) is 0 Å². The van der Waals surface area contributed by atoms with Gasteiger partial charge in [0, 0.05) is 6.54 Å². The molecule has 0 aliphatic rings. The van der Waals surface area contributed by atoms with Gasteiger partial charge >= 0.3 is 0 Å². The maximum atomic E-state index is 11.7. The molecule has 0 saturated heterocycles. The SMILES string of the molecule is CCCCCCCn1ncc(Br)c(Br)c1=O. The summed E-state index contributed by atoms with van der Waals surface area (Å²) in [5.74, 6) is 0. The van der Waals surface area contributed by atoms with Gasteiger partial charge in [-0.05, 0) is 38.3 Å². The summed E-state index contributed by atoms with van der Waals surface area (Å²) in [5, 5.41) is 4.08. The monoisotopic (exact) mass is 350 g/mol. The van der Waals surface area contributed by atoms with Gasteiger partial charge in [0.2, 0.25) is 0 Å². The van der Waals surface area contributed by atoms with Crippen LogP contribution < -0.4 is 5.56 Å². The van der Waals surface area contributed by atoms with Crippen molar-refractivity contribution < 1.29 is 0 Å². The van der Waals surface area contributed by atoms with Crippen molar-refractivity contribution in [3.63, 3.8) is 0 Å². The summed E-state index contributed by atoms with van der Waals surface area (Å²) in [5.41, 5.74) is -0.0649. The van der Waals surface area contributed by atoms with Crippen LogP contribution in [0.2, 0.25) is 0 Å². The average Bonchev–Trinajstić information content (AvgIpc) is 2.28. The van der Waals surface area contributed by atoms with Crippen molar-refractivity contribution in [3.8, 4) is 0 Å². The van der Waals surface area contributed by atoms with E-state index in [2.05, 4.69) is 43.9 Å². The molecular weight excluding hydrogens is 336 g/mol. The second-order valence-corrected chi connectivity index (χ2v) is 5.40. The summed E-state index contributed by atoms with van der Waals surface area (Å²) in [6, 6.07) is 0. The summed E-state index contributed by atoms with van der Waals surface area (Å²) in [6.07, 6.45) is 7.57. The van der Waals surface area contributed by atoms with Crippen LogP contribution in [-0.2, 0) is 6.54 Å². The number of rotatable bonds is 6. The second-order valence-electron chi connectivity index (χ2n) is 3.75. The maximum Gasteiger partial charge on any atom is 0.282 e. The molecule has 0 N–H and O–H groups in total. The zero-order chi connectivity index (χ0) is 12.0. The number of hydrogen-bond acceptors (Lipinski definition) is 2.